The highest BCUT2D eigenvalue weighted by Crippen LogP contribution is 2.55. The Bertz CT molecular complexity index is 622. The summed E-state index contributed by atoms with van der Waals surface area (Å²) < 4.78 is 5.28. The third-order valence-corrected chi connectivity index (χ3v) is 4.19. The van der Waals surface area contributed by atoms with Crippen LogP contribution in [0, 0.1) is 10.1 Å². The summed E-state index contributed by atoms with van der Waals surface area (Å²) in [5.74, 6) is -1.15. The zero-order chi connectivity index (χ0) is 17.6. The van der Waals surface area contributed by atoms with Gasteiger partial charge in [-0.1, -0.05) is 45.0 Å². The van der Waals surface area contributed by atoms with Crippen molar-refractivity contribution in [2.75, 3.05) is 0 Å². The van der Waals surface area contributed by atoms with Crippen LogP contribution in [-0.4, -0.2) is 22.0 Å². The molecule has 1 aromatic rings. The number of nitrogens with zero attached hydrogens (tertiary/aromatic N) is 1. The molecule has 0 N–H and O–H groups in total. The number of hydrogen-bond acceptors (Lipinski definition) is 4. The number of carbonyl (C=O) groups is 1. The summed E-state index contributed by atoms with van der Waals surface area (Å²) in [6, 6.07) is 7.74. The fourth-order valence-corrected chi connectivity index (χ4v) is 2.73. The van der Waals surface area contributed by atoms with E-state index in [1.165, 1.54) is 0 Å². The van der Waals surface area contributed by atoms with E-state index in [1.54, 1.807) is 20.8 Å². The fraction of sp³-hybridized carbons (Fsp3) is 0.611. The standard InChI is InChI=1S/C18H25NO4/c1-16(2,3)13-9-7-12(8-10-13)14-11-18(14,19(21)22)15(20)23-17(4,5)6/h7-10,14H,11H2,1-6H3. The molecule has 2 atom stereocenters. The zero-order valence-corrected chi connectivity index (χ0v) is 14.7. The van der Waals surface area contributed by atoms with E-state index in [1.807, 2.05) is 24.3 Å². The Morgan fingerprint density at radius 3 is 2.09 bits per heavy atom. The molecule has 0 aliphatic heterocycles. The number of hydrogen-bond donors (Lipinski definition) is 0. The molecule has 5 nitrogen and oxygen atoms in total. The van der Waals surface area contributed by atoms with Crippen LogP contribution in [0.15, 0.2) is 24.3 Å². The molecule has 2 unspecified atom stereocenters. The Morgan fingerprint density at radius 2 is 1.70 bits per heavy atom. The minimum absolute atomic E-state index is 0.0213. The molecule has 1 saturated carbocycles. The first-order chi connectivity index (χ1) is 10.4. The number of nitro groups is 1. The van der Waals surface area contributed by atoms with Gasteiger partial charge < -0.3 is 4.74 Å². The van der Waals surface area contributed by atoms with Gasteiger partial charge in [0.2, 0.25) is 0 Å². The molecule has 0 heterocycles. The van der Waals surface area contributed by atoms with Crippen molar-refractivity contribution in [3.8, 4) is 0 Å². The molecule has 2 rings (SSSR count). The van der Waals surface area contributed by atoms with E-state index >= 15 is 0 Å². The number of rotatable bonds is 3. The Labute approximate surface area is 137 Å². The lowest BCUT2D eigenvalue weighted by Gasteiger charge is -2.21. The smallest absolute Gasteiger partial charge is 0.386 e. The molecule has 1 fully saturated rings. The predicted molar refractivity (Wildman–Crippen MR) is 88.1 cm³/mol. The maximum Gasteiger partial charge on any atom is 0.386 e. The Morgan fingerprint density at radius 1 is 1.17 bits per heavy atom. The molecule has 126 valence electrons. The summed E-state index contributed by atoms with van der Waals surface area (Å²) in [5, 5.41) is 11.5. The molecular formula is C18H25NO4. The molecule has 0 amide bonds. The van der Waals surface area contributed by atoms with Crippen LogP contribution in [0.3, 0.4) is 0 Å². The fourth-order valence-electron chi connectivity index (χ4n) is 2.73. The van der Waals surface area contributed by atoms with Crippen LogP contribution in [0.25, 0.3) is 0 Å². The van der Waals surface area contributed by atoms with Gasteiger partial charge in [-0.15, -0.1) is 0 Å². The summed E-state index contributed by atoms with van der Waals surface area (Å²) in [4.78, 5) is 23.4. The van der Waals surface area contributed by atoms with Crippen molar-refractivity contribution in [1.82, 2.24) is 0 Å². The van der Waals surface area contributed by atoms with Gasteiger partial charge in [0.15, 0.2) is 0 Å². The average Bonchev–Trinajstić information content (AvgIpc) is 3.12. The predicted octanol–water partition coefficient (Wildman–Crippen LogP) is 3.83. The molecule has 0 spiro atoms. The number of esters is 1. The first-order valence-corrected chi connectivity index (χ1v) is 7.86. The molecule has 0 radical (unpaired) electrons. The van der Waals surface area contributed by atoms with Gasteiger partial charge in [-0.05, 0) is 37.3 Å². The van der Waals surface area contributed by atoms with Gasteiger partial charge >= 0.3 is 11.5 Å². The highest BCUT2D eigenvalue weighted by molar-refractivity contribution is 5.85. The summed E-state index contributed by atoms with van der Waals surface area (Å²) in [5.41, 5.74) is -0.362. The van der Waals surface area contributed by atoms with E-state index in [-0.39, 0.29) is 11.8 Å². The van der Waals surface area contributed by atoms with Crippen molar-refractivity contribution in [1.29, 1.82) is 0 Å². The van der Waals surface area contributed by atoms with Gasteiger partial charge in [-0.3, -0.25) is 10.1 Å². The first kappa shape index (κ1) is 17.4. The van der Waals surface area contributed by atoms with Crippen molar-refractivity contribution in [3.63, 3.8) is 0 Å². The first-order valence-electron chi connectivity index (χ1n) is 7.86. The highest BCUT2D eigenvalue weighted by atomic mass is 16.6. The van der Waals surface area contributed by atoms with Crippen molar-refractivity contribution in [2.45, 2.75) is 70.4 Å². The van der Waals surface area contributed by atoms with E-state index in [0.717, 1.165) is 11.1 Å². The van der Waals surface area contributed by atoms with E-state index in [0.29, 0.717) is 0 Å². The zero-order valence-electron chi connectivity index (χ0n) is 14.7. The molecule has 1 aromatic carbocycles. The third-order valence-electron chi connectivity index (χ3n) is 4.19. The molecular weight excluding hydrogens is 294 g/mol. The molecule has 1 aliphatic carbocycles. The van der Waals surface area contributed by atoms with E-state index < -0.39 is 28.0 Å². The minimum atomic E-state index is -1.63. The van der Waals surface area contributed by atoms with Gasteiger partial charge in [-0.25, -0.2) is 4.79 Å². The Kier molecular flexibility index (Phi) is 4.04. The average molecular weight is 319 g/mol. The summed E-state index contributed by atoms with van der Waals surface area (Å²) in [6.45, 7) is 11.5. The molecule has 0 saturated heterocycles. The van der Waals surface area contributed by atoms with Crippen LogP contribution in [0.5, 0.6) is 0 Å². The van der Waals surface area contributed by atoms with Gasteiger partial charge in [-0.2, -0.15) is 0 Å². The Balaban J connectivity index is 2.25. The maximum absolute atomic E-state index is 12.3. The largest absolute Gasteiger partial charge is 0.455 e. The molecule has 5 heteroatoms. The summed E-state index contributed by atoms with van der Waals surface area (Å²) in [6.07, 6.45) is 0.198. The van der Waals surface area contributed by atoms with Crippen LogP contribution in [-0.2, 0) is 14.9 Å². The van der Waals surface area contributed by atoms with Gasteiger partial charge in [0, 0.05) is 11.3 Å². The lowest BCUT2D eigenvalue weighted by Crippen LogP contribution is -2.39. The second-order valence-electron chi connectivity index (χ2n) is 8.31. The van der Waals surface area contributed by atoms with E-state index in [2.05, 4.69) is 20.8 Å². The lowest BCUT2D eigenvalue weighted by atomic mass is 9.86. The van der Waals surface area contributed by atoms with Crippen LogP contribution >= 0.6 is 0 Å². The summed E-state index contributed by atoms with van der Waals surface area (Å²) >= 11 is 0. The molecule has 23 heavy (non-hydrogen) atoms. The van der Waals surface area contributed by atoms with E-state index in [9.17, 15) is 14.9 Å². The van der Waals surface area contributed by atoms with Crippen molar-refractivity contribution < 1.29 is 14.5 Å². The third kappa shape index (κ3) is 3.38. The Hall–Kier alpha value is -1.91. The van der Waals surface area contributed by atoms with Gasteiger partial charge in [0.05, 0.1) is 5.92 Å². The van der Waals surface area contributed by atoms with Crippen LogP contribution in [0.1, 0.15) is 65.0 Å². The highest BCUT2D eigenvalue weighted by Gasteiger charge is 2.74. The molecule has 0 bridgehead atoms. The second kappa shape index (κ2) is 5.32. The second-order valence-corrected chi connectivity index (χ2v) is 8.31. The van der Waals surface area contributed by atoms with Crippen LogP contribution in [0.2, 0.25) is 0 Å². The SMILES string of the molecule is CC(C)(C)OC(=O)C1([N+](=O)[O-])CC1c1ccc(C(C)(C)C)cc1. The topological polar surface area (TPSA) is 69.4 Å². The molecule has 0 aromatic heterocycles. The lowest BCUT2D eigenvalue weighted by molar-refractivity contribution is -0.527. The quantitative estimate of drug-likeness (QED) is 0.482. The van der Waals surface area contributed by atoms with Crippen molar-refractivity contribution in [2.24, 2.45) is 0 Å². The van der Waals surface area contributed by atoms with Gasteiger partial charge in [0.1, 0.15) is 5.60 Å². The number of ether oxygens (including phenoxy) is 1. The number of benzene rings is 1. The van der Waals surface area contributed by atoms with Gasteiger partial charge in [0.25, 0.3) is 0 Å². The normalized spacial score (nSPS) is 24.2. The van der Waals surface area contributed by atoms with Crippen LogP contribution < -0.4 is 0 Å². The van der Waals surface area contributed by atoms with Crippen LogP contribution in [0.4, 0.5) is 0 Å². The van der Waals surface area contributed by atoms with E-state index in [4.69, 9.17) is 4.74 Å². The monoisotopic (exact) mass is 319 g/mol. The minimum Gasteiger partial charge on any atom is -0.455 e. The summed E-state index contributed by atoms with van der Waals surface area (Å²) in [7, 11) is 0. The van der Waals surface area contributed by atoms with Crippen molar-refractivity contribution in [3.05, 3.63) is 45.5 Å². The molecule has 1 aliphatic rings. The number of carbonyl (C=O) groups excluding carboxylic acids is 1. The maximum atomic E-state index is 12.3. The van der Waals surface area contributed by atoms with Crippen molar-refractivity contribution >= 4 is 5.97 Å².